The number of benzene rings is 2. The molecule has 5 nitrogen and oxygen atoms in total. The lowest BCUT2D eigenvalue weighted by Crippen LogP contribution is -2.47. The van der Waals surface area contributed by atoms with E-state index in [4.69, 9.17) is 23.2 Å². The van der Waals surface area contributed by atoms with Crippen molar-refractivity contribution >= 4 is 35.0 Å². The number of rotatable bonds is 9. The molecule has 1 atom stereocenters. The van der Waals surface area contributed by atoms with Gasteiger partial charge in [0.25, 0.3) is 5.91 Å². The zero-order valence-electron chi connectivity index (χ0n) is 20.3. The second kappa shape index (κ2) is 12.6. The van der Waals surface area contributed by atoms with Crippen LogP contribution in [0.4, 0.5) is 0 Å². The predicted molar refractivity (Wildman–Crippen MR) is 140 cm³/mol. The van der Waals surface area contributed by atoms with Crippen molar-refractivity contribution in [2.24, 2.45) is 0 Å². The van der Waals surface area contributed by atoms with Gasteiger partial charge in [-0.05, 0) is 62.6 Å². The number of halogens is 2. The van der Waals surface area contributed by atoms with E-state index in [9.17, 15) is 9.59 Å². The maximum absolute atomic E-state index is 13.0. The Bertz CT molecular complexity index is 962. The minimum atomic E-state index is 0.00960. The van der Waals surface area contributed by atoms with Crippen molar-refractivity contribution in [1.82, 2.24) is 14.7 Å². The molecule has 1 aliphatic heterocycles. The average Bonchev–Trinajstić information content (AvgIpc) is 2.84. The van der Waals surface area contributed by atoms with E-state index in [-0.39, 0.29) is 17.7 Å². The quantitative estimate of drug-likeness (QED) is 0.449. The van der Waals surface area contributed by atoms with Crippen LogP contribution in [0.15, 0.2) is 48.5 Å². The molecule has 1 heterocycles. The molecule has 2 amide bonds. The summed E-state index contributed by atoms with van der Waals surface area (Å²) in [4.78, 5) is 31.1. The Morgan fingerprint density at radius 2 is 1.74 bits per heavy atom. The normalized spacial score (nSPS) is 15.7. The molecule has 0 aromatic heterocycles. The summed E-state index contributed by atoms with van der Waals surface area (Å²) in [5.41, 5.74) is 1.77. The van der Waals surface area contributed by atoms with Crippen LogP contribution in [0.2, 0.25) is 10.0 Å². The van der Waals surface area contributed by atoms with Crippen LogP contribution in [0.25, 0.3) is 0 Å². The number of hydrogen-bond donors (Lipinski definition) is 0. The molecule has 34 heavy (non-hydrogen) atoms. The lowest BCUT2D eigenvalue weighted by atomic mass is 9.93. The SMILES string of the molecule is CCN(C(C)=O)C1CCN(CCC(CN(C)C(=O)c2ccccc2)c2ccc(Cl)c(Cl)c2)CC1. The highest BCUT2D eigenvalue weighted by Crippen LogP contribution is 2.29. The first-order valence-electron chi connectivity index (χ1n) is 12.0. The minimum Gasteiger partial charge on any atom is -0.341 e. The fraction of sp³-hybridized carbons (Fsp3) is 0.481. The van der Waals surface area contributed by atoms with Crippen molar-refractivity contribution in [3.05, 3.63) is 69.7 Å². The molecule has 2 aromatic rings. The maximum atomic E-state index is 13.0. The zero-order valence-corrected chi connectivity index (χ0v) is 21.9. The van der Waals surface area contributed by atoms with Crippen molar-refractivity contribution in [2.45, 2.75) is 45.1 Å². The second-order valence-electron chi connectivity index (χ2n) is 9.09. The van der Waals surface area contributed by atoms with Crippen LogP contribution in [-0.4, -0.2) is 72.3 Å². The van der Waals surface area contributed by atoms with Crippen LogP contribution in [0.1, 0.15) is 54.9 Å². The third-order valence-electron chi connectivity index (χ3n) is 6.81. The third-order valence-corrected chi connectivity index (χ3v) is 7.55. The molecular weight excluding hydrogens is 469 g/mol. The maximum Gasteiger partial charge on any atom is 0.253 e. The topological polar surface area (TPSA) is 43.9 Å². The fourth-order valence-corrected chi connectivity index (χ4v) is 5.18. The molecule has 0 spiro atoms. The molecule has 0 aliphatic carbocycles. The Kier molecular flexibility index (Phi) is 9.81. The molecule has 0 radical (unpaired) electrons. The monoisotopic (exact) mass is 503 g/mol. The highest BCUT2D eigenvalue weighted by atomic mass is 35.5. The van der Waals surface area contributed by atoms with Crippen molar-refractivity contribution < 1.29 is 9.59 Å². The highest BCUT2D eigenvalue weighted by molar-refractivity contribution is 6.42. The van der Waals surface area contributed by atoms with E-state index in [1.807, 2.05) is 67.4 Å². The first kappa shape index (κ1) is 26.5. The van der Waals surface area contributed by atoms with Crippen LogP contribution < -0.4 is 0 Å². The molecular formula is C27H35Cl2N3O2. The van der Waals surface area contributed by atoms with Gasteiger partial charge in [0.05, 0.1) is 10.0 Å². The fourth-order valence-electron chi connectivity index (χ4n) is 4.88. The van der Waals surface area contributed by atoms with E-state index in [1.54, 1.807) is 11.8 Å². The Labute approximate surface area is 213 Å². The van der Waals surface area contributed by atoms with Gasteiger partial charge in [-0.2, -0.15) is 0 Å². The van der Waals surface area contributed by atoms with Crippen LogP contribution >= 0.6 is 23.2 Å². The summed E-state index contributed by atoms with van der Waals surface area (Å²) in [6, 6.07) is 15.5. The Hall–Kier alpha value is -2.08. The van der Waals surface area contributed by atoms with Crippen LogP contribution in [-0.2, 0) is 4.79 Å². The molecule has 0 N–H and O–H groups in total. The summed E-state index contributed by atoms with van der Waals surface area (Å²) >= 11 is 12.5. The van der Waals surface area contributed by atoms with Crippen molar-refractivity contribution in [3.63, 3.8) is 0 Å². The zero-order chi connectivity index (χ0) is 24.7. The van der Waals surface area contributed by atoms with Gasteiger partial charge in [-0.3, -0.25) is 9.59 Å². The van der Waals surface area contributed by atoms with Gasteiger partial charge in [-0.15, -0.1) is 0 Å². The predicted octanol–water partition coefficient (Wildman–Crippen LogP) is 5.57. The largest absolute Gasteiger partial charge is 0.341 e. The number of amides is 2. The minimum absolute atomic E-state index is 0.00960. The molecule has 184 valence electrons. The number of hydrogen-bond acceptors (Lipinski definition) is 3. The first-order chi connectivity index (χ1) is 16.3. The Balaban J connectivity index is 1.65. The van der Waals surface area contributed by atoms with Crippen molar-refractivity contribution in [1.29, 1.82) is 0 Å². The number of piperidine rings is 1. The van der Waals surface area contributed by atoms with Gasteiger partial charge in [0.1, 0.15) is 0 Å². The van der Waals surface area contributed by atoms with E-state index < -0.39 is 0 Å². The van der Waals surface area contributed by atoms with E-state index in [0.717, 1.165) is 51.0 Å². The summed E-state index contributed by atoms with van der Waals surface area (Å²) in [6.07, 6.45) is 2.90. The first-order valence-corrected chi connectivity index (χ1v) is 12.8. The standard InChI is InChI=1S/C27H35Cl2N3O2/c1-4-32(20(2)33)24-13-16-31(17-14-24)15-12-23(22-10-11-25(28)26(29)18-22)19-30(3)27(34)21-8-6-5-7-9-21/h5-11,18,23-24H,4,12-17,19H2,1-3H3. The van der Waals surface area contributed by atoms with Crippen LogP contribution in [0.3, 0.4) is 0 Å². The van der Waals surface area contributed by atoms with Gasteiger partial charge < -0.3 is 14.7 Å². The summed E-state index contributed by atoms with van der Waals surface area (Å²) in [7, 11) is 1.85. The lowest BCUT2D eigenvalue weighted by Gasteiger charge is -2.38. The van der Waals surface area contributed by atoms with Gasteiger partial charge in [0.15, 0.2) is 0 Å². The molecule has 1 aliphatic rings. The van der Waals surface area contributed by atoms with E-state index >= 15 is 0 Å². The van der Waals surface area contributed by atoms with Crippen molar-refractivity contribution in [2.75, 3.05) is 39.8 Å². The Morgan fingerprint density at radius 1 is 1.06 bits per heavy atom. The summed E-state index contributed by atoms with van der Waals surface area (Å²) in [6.45, 7) is 7.94. The van der Waals surface area contributed by atoms with Gasteiger partial charge in [0.2, 0.25) is 5.91 Å². The van der Waals surface area contributed by atoms with Crippen molar-refractivity contribution in [3.8, 4) is 0 Å². The molecule has 1 saturated heterocycles. The smallest absolute Gasteiger partial charge is 0.253 e. The Morgan fingerprint density at radius 3 is 2.32 bits per heavy atom. The number of carbonyl (C=O) groups excluding carboxylic acids is 2. The van der Waals surface area contributed by atoms with Crippen LogP contribution in [0, 0.1) is 0 Å². The molecule has 0 saturated carbocycles. The highest BCUT2D eigenvalue weighted by Gasteiger charge is 2.26. The molecule has 1 unspecified atom stereocenters. The number of likely N-dealkylation sites (tertiary alicyclic amines) is 1. The van der Waals surface area contributed by atoms with Gasteiger partial charge in [0, 0.05) is 57.7 Å². The van der Waals surface area contributed by atoms with E-state index in [1.165, 1.54) is 0 Å². The summed E-state index contributed by atoms with van der Waals surface area (Å²) in [5.74, 6) is 0.302. The van der Waals surface area contributed by atoms with Gasteiger partial charge >= 0.3 is 0 Å². The molecule has 3 rings (SSSR count). The summed E-state index contributed by atoms with van der Waals surface area (Å²) < 4.78 is 0. The molecule has 2 aromatic carbocycles. The lowest BCUT2D eigenvalue weighted by molar-refractivity contribution is -0.131. The van der Waals surface area contributed by atoms with Gasteiger partial charge in [-0.25, -0.2) is 0 Å². The average molecular weight is 505 g/mol. The van der Waals surface area contributed by atoms with E-state index in [0.29, 0.717) is 28.2 Å². The molecule has 0 bridgehead atoms. The van der Waals surface area contributed by atoms with Crippen LogP contribution in [0.5, 0.6) is 0 Å². The summed E-state index contributed by atoms with van der Waals surface area (Å²) in [5, 5.41) is 1.07. The van der Waals surface area contributed by atoms with E-state index in [2.05, 4.69) is 4.90 Å². The number of likely N-dealkylation sites (N-methyl/N-ethyl adjacent to an activating group) is 1. The third kappa shape index (κ3) is 6.97. The second-order valence-corrected chi connectivity index (χ2v) is 9.90. The number of nitrogens with zero attached hydrogens (tertiary/aromatic N) is 3. The number of carbonyl (C=O) groups is 2. The molecule has 1 fully saturated rings. The van der Waals surface area contributed by atoms with Gasteiger partial charge in [-0.1, -0.05) is 47.5 Å². The molecule has 7 heteroatoms.